The van der Waals surface area contributed by atoms with Crippen LogP contribution in [0.15, 0.2) is 60.8 Å². The highest BCUT2D eigenvalue weighted by atomic mass is 16.5. The lowest BCUT2D eigenvalue weighted by molar-refractivity contribution is 0.101. The summed E-state index contributed by atoms with van der Waals surface area (Å²) in [6.45, 7) is 2.31. The van der Waals surface area contributed by atoms with E-state index in [-0.39, 0.29) is 5.78 Å². The van der Waals surface area contributed by atoms with Gasteiger partial charge in [-0.3, -0.25) is 4.79 Å². The summed E-state index contributed by atoms with van der Waals surface area (Å²) >= 11 is 0. The Kier molecular flexibility index (Phi) is 5.59. The van der Waals surface area contributed by atoms with Crippen LogP contribution in [0, 0.1) is 0 Å². The zero-order chi connectivity index (χ0) is 18.4. The van der Waals surface area contributed by atoms with E-state index in [1.54, 1.807) is 26.3 Å². The molecule has 0 radical (unpaired) electrons. The van der Waals surface area contributed by atoms with Crippen LogP contribution in [-0.2, 0) is 6.42 Å². The van der Waals surface area contributed by atoms with Gasteiger partial charge in [-0.1, -0.05) is 30.3 Å². The van der Waals surface area contributed by atoms with Crippen molar-refractivity contribution in [3.63, 3.8) is 0 Å². The largest absolute Gasteiger partial charge is 0.497 e. The van der Waals surface area contributed by atoms with E-state index in [0.29, 0.717) is 11.4 Å². The van der Waals surface area contributed by atoms with Crippen molar-refractivity contribution < 1.29 is 9.53 Å². The number of carbonyl (C=O) groups is 1. The number of nitrogens with one attached hydrogen (secondary N) is 1. The predicted molar refractivity (Wildman–Crippen MR) is 103 cm³/mol. The third kappa shape index (κ3) is 4.45. The number of benzene rings is 2. The van der Waals surface area contributed by atoms with Gasteiger partial charge in [-0.2, -0.15) is 0 Å². The van der Waals surface area contributed by atoms with Crippen molar-refractivity contribution in [3.8, 4) is 17.1 Å². The Balaban J connectivity index is 1.65. The molecule has 0 unspecified atom stereocenters. The molecule has 132 valence electrons. The molecular weight excluding hydrogens is 326 g/mol. The van der Waals surface area contributed by atoms with Crippen molar-refractivity contribution in [1.82, 2.24) is 9.97 Å². The second-order valence-corrected chi connectivity index (χ2v) is 5.93. The minimum Gasteiger partial charge on any atom is -0.497 e. The topological polar surface area (TPSA) is 64.1 Å². The summed E-state index contributed by atoms with van der Waals surface area (Å²) in [7, 11) is 1.66. The summed E-state index contributed by atoms with van der Waals surface area (Å²) in [5.41, 5.74) is 2.71. The Morgan fingerprint density at radius 2 is 1.92 bits per heavy atom. The van der Waals surface area contributed by atoms with Crippen molar-refractivity contribution in [2.45, 2.75) is 13.3 Å². The first-order chi connectivity index (χ1) is 12.7. The summed E-state index contributed by atoms with van der Waals surface area (Å²) in [5.74, 6) is 2.25. The first kappa shape index (κ1) is 17.6. The Morgan fingerprint density at radius 3 is 2.65 bits per heavy atom. The molecule has 0 spiro atoms. The average molecular weight is 347 g/mol. The Hall–Kier alpha value is -3.21. The van der Waals surface area contributed by atoms with Crippen LogP contribution in [0.1, 0.15) is 22.8 Å². The number of Topliss-reactive ketones (excluding diaryl/α,β-unsaturated/α-hetero) is 1. The summed E-state index contributed by atoms with van der Waals surface area (Å²) < 4.78 is 5.17. The smallest absolute Gasteiger partial charge is 0.161 e. The van der Waals surface area contributed by atoms with Crippen molar-refractivity contribution in [2.75, 3.05) is 19.0 Å². The zero-order valence-electron chi connectivity index (χ0n) is 14.9. The number of hydrogen-bond acceptors (Lipinski definition) is 5. The van der Waals surface area contributed by atoms with Crippen molar-refractivity contribution >= 4 is 11.6 Å². The third-order valence-electron chi connectivity index (χ3n) is 4.06. The standard InChI is InChI=1S/C21H21N3O2/c1-15(25)17-4-3-5-18(14-17)21-23-13-11-20(24-21)22-12-10-16-6-8-19(26-2)9-7-16/h3-9,11,13-14H,10,12H2,1-2H3,(H,22,23,24). The van der Waals surface area contributed by atoms with Gasteiger partial charge in [0.1, 0.15) is 11.6 Å². The molecule has 1 heterocycles. The summed E-state index contributed by atoms with van der Waals surface area (Å²) in [5, 5.41) is 3.32. The lowest BCUT2D eigenvalue weighted by atomic mass is 10.1. The van der Waals surface area contributed by atoms with Gasteiger partial charge in [0.2, 0.25) is 0 Å². The lowest BCUT2D eigenvalue weighted by Crippen LogP contribution is -2.07. The second kappa shape index (κ2) is 8.25. The van der Waals surface area contributed by atoms with E-state index < -0.39 is 0 Å². The molecule has 0 fully saturated rings. The molecule has 1 N–H and O–H groups in total. The fraction of sp³-hybridized carbons (Fsp3) is 0.190. The molecule has 0 amide bonds. The van der Waals surface area contributed by atoms with E-state index in [4.69, 9.17) is 4.74 Å². The molecule has 3 rings (SSSR count). The van der Waals surface area contributed by atoms with E-state index in [9.17, 15) is 4.79 Å². The number of methoxy groups -OCH3 is 1. The van der Waals surface area contributed by atoms with Gasteiger partial charge in [-0.15, -0.1) is 0 Å². The molecule has 0 saturated heterocycles. The van der Waals surface area contributed by atoms with Crippen LogP contribution >= 0.6 is 0 Å². The number of anilines is 1. The van der Waals surface area contributed by atoms with Crippen LogP contribution in [0.4, 0.5) is 5.82 Å². The van der Waals surface area contributed by atoms with Gasteiger partial charge in [0.15, 0.2) is 11.6 Å². The van der Waals surface area contributed by atoms with E-state index in [1.807, 2.05) is 36.4 Å². The Labute approximate surface area is 153 Å². The van der Waals surface area contributed by atoms with Crippen LogP contribution in [0.2, 0.25) is 0 Å². The summed E-state index contributed by atoms with van der Waals surface area (Å²) in [6.07, 6.45) is 2.60. The summed E-state index contributed by atoms with van der Waals surface area (Å²) in [6, 6.07) is 17.2. The molecule has 2 aromatic carbocycles. The highest BCUT2D eigenvalue weighted by Gasteiger charge is 2.06. The Morgan fingerprint density at radius 1 is 1.12 bits per heavy atom. The quantitative estimate of drug-likeness (QED) is 0.654. The molecule has 5 nitrogen and oxygen atoms in total. The fourth-order valence-electron chi connectivity index (χ4n) is 2.60. The molecule has 0 saturated carbocycles. The van der Waals surface area contributed by atoms with Gasteiger partial charge in [0.25, 0.3) is 0 Å². The van der Waals surface area contributed by atoms with Crippen LogP contribution in [0.3, 0.4) is 0 Å². The number of nitrogens with zero attached hydrogens (tertiary/aromatic N) is 2. The first-order valence-corrected chi connectivity index (χ1v) is 8.47. The molecular formula is C21H21N3O2. The first-order valence-electron chi connectivity index (χ1n) is 8.47. The SMILES string of the molecule is COc1ccc(CCNc2ccnc(-c3cccc(C(C)=O)c3)n2)cc1. The van der Waals surface area contributed by atoms with Crippen LogP contribution < -0.4 is 10.1 Å². The number of carbonyl (C=O) groups excluding carboxylic acids is 1. The van der Waals surface area contributed by atoms with Gasteiger partial charge in [-0.25, -0.2) is 9.97 Å². The zero-order valence-corrected chi connectivity index (χ0v) is 14.9. The molecule has 0 aliphatic rings. The number of ether oxygens (including phenoxy) is 1. The van der Waals surface area contributed by atoms with Crippen molar-refractivity contribution in [3.05, 3.63) is 71.9 Å². The number of rotatable bonds is 7. The highest BCUT2D eigenvalue weighted by molar-refractivity contribution is 5.95. The fourth-order valence-corrected chi connectivity index (χ4v) is 2.60. The van der Waals surface area contributed by atoms with E-state index in [0.717, 1.165) is 30.1 Å². The minimum absolute atomic E-state index is 0.0284. The maximum absolute atomic E-state index is 11.6. The Bertz CT molecular complexity index is 892. The minimum atomic E-state index is 0.0284. The van der Waals surface area contributed by atoms with Gasteiger partial charge in [-0.05, 0) is 43.2 Å². The third-order valence-corrected chi connectivity index (χ3v) is 4.06. The van der Waals surface area contributed by atoms with Gasteiger partial charge in [0, 0.05) is 23.9 Å². The molecule has 0 aliphatic heterocycles. The molecule has 0 atom stereocenters. The average Bonchev–Trinajstić information content (AvgIpc) is 2.69. The molecule has 26 heavy (non-hydrogen) atoms. The van der Waals surface area contributed by atoms with E-state index in [1.165, 1.54) is 5.56 Å². The number of ketones is 1. The monoisotopic (exact) mass is 347 g/mol. The van der Waals surface area contributed by atoms with Crippen molar-refractivity contribution in [1.29, 1.82) is 0 Å². The molecule has 0 bridgehead atoms. The maximum Gasteiger partial charge on any atom is 0.161 e. The molecule has 1 aromatic heterocycles. The molecule has 3 aromatic rings. The van der Waals surface area contributed by atoms with E-state index >= 15 is 0 Å². The number of hydrogen-bond donors (Lipinski definition) is 1. The maximum atomic E-state index is 11.6. The van der Waals surface area contributed by atoms with Crippen LogP contribution in [0.25, 0.3) is 11.4 Å². The summed E-state index contributed by atoms with van der Waals surface area (Å²) in [4.78, 5) is 20.4. The van der Waals surface area contributed by atoms with Crippen LogP contribution in [-0.4, -0.2) is 29.4 Å². The number of aromatic nitrogens is 2. The van der Waals surface area contributed by atoms with Crippen LogP contribution in [0.5, 0.6) is 5.75 Å². The molecule has 0 aliphatic carbocycles. The molecule has 5 heteroatoms. The van der Waals surface area contributed by atoms with Gasteiger partial charge < -0.3 is 10.1 Å². The highest BCUT2D eigenvalue weighted by Crippen LogP contribution is 2.18. The second-order valence-electron chi connectivity index (χ2n) is 5.93. The van der Waals surface area contributed by atoms with E-state index in [2.05, 4.69) is 27.4 Å². The lowest BCUT2D eigenvalue weighted by Gasteiger charge is -2.08. The normalized spacial score (nSPS) is 10.4. The van der Waals surface area contributed by atoms with Gasteiger partial charge >= 0.3 is 0 Å². The van der Waals surface area contributed by atoms with Gasteiger partial charge in [0.05, 0.1) is 7.11 Å². The van der Waals surface area contributed by atoms with Crippen molar-refractivity contribution in [2.24, 2.45) is 0 Å². The predicted octanol–water partition coefficient (Wildman–Crippen LogP) is 4.01.